The van der Waals surface area contributed by atoms with E-state index in [0.29, 0.717) is 10.7 Å². The summed E-state index contributed by atoms with van der Waals surface area (Å²) in [7, 11) is 0. The molecule has 1 amide bonds. The number of hydrogen-bond donors (Lipinski definition) is 2. The Morgan fingerprint density at radius 3 is 3.00 bits per heavy atom. The van der Waals surface area contributed by atoms with Gasteiger partial charge in [0.15, 0.2) is 5.82 Å². The third kappa shape index (κ3) is 2.22. The fourth-order valence-corrected chi connectivity index (χ4v) is 1.83. The molecule has 7 nitrogen and oxygen atoms in total. The highest BCUT2D eigenvalue weighted by Gasteiger charge is 2.16. The molecule has 0 radical (unpaired) electrons. The van der Waals surface area contributed by atoms with Gasteiger partial charge in [0.1, 0.15) is 4.88 Å². The van der Waals surface area contributed by atoms with Crippen molar-refractivity contribution in [2.45, 2.75) is 19.9 Å². The van der Waals surface area contributed by atoms with Crippen molar-refractivity contribution >= 4 is 17.2 Å². The lowest BCUT2D eigenvalue weighted by molar-refractivity contribution is 0.0942. The van der Waals surface area contributed by atoms with Crippen molar-refractivity contribution in [1.29, 1.82) is 0 Å². The number of thiazole rings is 1. The maximum atomic E-state index is 11.7. The van der Waals surface area contributed by atoms with Crippen LogP contribution in [0.1, 0.15) is 33.5 Å². The highest BCUT2D eigenvalue weighted by molar-refractivity contribution is 7.13. The van der Waals surface area contributed by atoms with Crippen LogP contribution in [-0.4, -0.2) is 31.5 Å². The minimum Gasteiger partial charge on any atom is -0.341 e. The number of carbonyl (C=O) groups excluding carboxylic acids is 1. The van der Waals surface area contributed by atoms with Gasteiger partial charge in [0.2, 0.25) is 0 Å². The molecule has 2 aromatic heterocycles. The van der Waals surface area contributed by atoms with Crippen LogP contribution in [0.25, 0.3) is 0 Å². The molecule has 16 heavy (non-hydrogen) atoms. The first-order chi connectivity index (χ1) is 7.66. The molecule has 0 aliphatic heterocycles. The number of carbonyl (C=O) groups is 1. The highest BCUT2D eigenvalue weighted by Crippen LogP contribution is 2.13. The first-order valence-corrected chi connectivity index (χ1v) is 5.45. The maximum absolute atomic E-state index is 11.7. The zero-order valence-corrected chi connectivity index (χ0v) is 9.58. The van der Waals surface area contributed by atoms with Gasteiger partial charge in [-0.05, 0) is 13.8 Å². The molecule has 2 aromatic rings. The SMILES string of the molecule is Cc1ncc(C(=O)NC(C)c2nn[nH]n2)s1. The third-order valence-corrected chi connectivity index (χ3v) is 2.85. The van der Waals surface area contributed by atoms with Crippen molar-refractivity contribution in [3.05, 3.63) is 21.9 Å². The van der Waals surface area contributed by atoms with E-state index >= 15 is 0 Å². The van der Waals surface area contributed by atoms with Gasteiger partial charge in [-0.1, -0.05) is 5.21 Å². The number of hydrogen-bond acceptors (Lipinski definition) is 6. The average molecular weight is 238 g/mol. The number of H-pyrrole nitrogens is 1. The minimum atomic E-state index is -0.284. The molecular weight excluding hydrogens is 228 g/mol. The van der Waals surface area contributed by atoms with Gasteiger partial charge in [0, 0.05) is 0 Å². The number of tetrazole rings is 1. The van der Waals surface area contributed by atoms with E-state index in [1.807, 2.05) is 6.92 Å². The van der Waals surface area contributed by atoms with Crippen molar-refractivity contribution in [3.8, 4) is 0 Å². The second kappa shape index (κ2) is 4.35. The Morgan fingerprint density at radius 2 is 2.44 bits per heavy atom. The van der Waals surface area contributed by atoms with E-state index < -0.39 is 0 Å². The number of nitrogens with zero attached hydrogens (tertiary/aromatic N) is 4. The topological polar surface area (TPSA) is 96.5 Å². The molecule has 2 N–H and O–H groups in total. The average Bonchev–Trinajstić information content (AvgIpc) is 2.87. The monoisotopic (exact) mass is 238 g/mol. The van der Waals surface area contributed by atoms with E-state index in [9.17, 15) is 4.79 Å². The van der Waals surface area contributed by atoms with Crippen molar-refractivity contribution < 1.29 is 4.79 Å². The molecule has 0 saturated carbocycles. The van der Waals surface area contributed by atoms with Crippen LogP contribution in [0.3, 0.4) is 0 Å². The molecule has 1 atom stereocenters. The lowest BCUT2D eigenvalue weighted by Crippen LogP contribution is -2.26. The van der Waals surface area contributed by atoms with Crippen LogP contribution in [0.2, 0.25) is 0 Å². The van der Waals surface area contributed by atoms with Crippen LogP contribution >= 0.6 is 11.3 Å². The summed E-state index contributed by atoms with van der Waals surface area (Å²) in [5.41, 5.74) is 0. The Labute approximate surface area is 95.3 Å². The van der Waals surface area contributed by atoms with Crippen LogP contribution < -0.4 is 5.32 Å². The quantitative estimate of drug-likeness (QED) is 0.809. The fraction of sp³-hybridized carbons (Fsp3) is 0.375. The zero-order chi connectivity index (χ0) is 11.5. The molecule has 0 saturated heterocycles. The second-order valence-electron chi connectivity index (χ2n) is 3.21. The van der Waals surface area contributed by atoms with Gasteiger partial charge in [-0.3, -0.25) is 4.79 Å². The Balaban J connectivity index is 2.03. The smallest absolute Gasteiger partial charge is 0.263 e. The van der Waals surface area contributed by atoms with E-state index in [4.69, 9.17) is 0 Å². The van der Waals surface area contributed by atoms with E-state index in [0.717, 1.165) is 5.01 Å². The fourth-order valence-electron chi connectivity index (χ4n) is 1.15. The summed E-state index contributed by atoms with van der Waals surface area (Å²) in [6.07, 6.45) is 1.55. The molecule has 0 fully saturated rings. The van der Waals surface area contributed by atoms with Gasteiger partial charge >= 0.3 is 0 Å². The summed E-state index contributed by atoms with van der Waals surface area (Å²) in [5.74, 6) is 0.275. The van der Waals surface area contributed by atoms with E-state index in [2.05, 4.69) is 30.9 Å². The summed E-state index contributed by atoms with van der Waals surface area (Å²) in [4.78, 5) is 16.3. The molecule has 0 bridgehead atoms. The zero-order valence-electron chi connectivity index (χ0n) is 8.76. The number of aromatic nitrogens is 5. The lowest BCUT2D eigenvalue weighted by atomic mass is 10.3. The van der Waals surface area contributed by atoms with Crippen LogP contribution in [0.4, 0.5) is 0 Å². The number of aryl methyl sites for hydroxylation is 1. The van der Waals surface area contributed by atoms with Crippen LogP contribution in [0, 0.1) is 6.92 Å². The van der Waals surface area contributed by atoms with Gasteiger partial charge in [0.25, 0.3) is 5.91 Å². The summed E-state index contributed by atoms with van der Waals surface area (Å²) in [5, 5.41) is 17.0. The minimum absolute atomic E-state index is 0.178. The van der Waals surface area contributed by atoms with Gasteiger partial charge in [-0.2, -0.15) is 5.21 Å². The number of nitrogens with one attached hydrogen (secondary N) is 2. The van der Waals surface area contributed by atoms with Crippen LogP contribution in [0.5, 0.6) is 0 Å². The number of amides is 1. The van der Waals surface area contributed by atoms with Gasteiger partial charge < -0.3 is 5.32 Å². The van der Waals surface area contributed by atoms with Crippen LogP contribution in [0.15, 0.2) is 6.20 Å². The molecule has 0 aromatic carbocycles. The summed E-state index contributed by atoms with van der Waals surface area (Å²) < 4.78 is 0. The summed E-state index contributed by atoms with van der Waals surface area (Å²) >= 11 is 1.35. The molecule has 1 unspecified atom stereocenters. The Kier molecular flexibility index (Phi) is 2.91. The molecule has 84 valence electrons. The molecule has 0 aliphatic carbocycles. The molecule has 2 heterocycles. The van der Waals surface area contributed by atoms with Gasteiger partial charge in [0.05, 0.1) is 17.2 Å². The first kappa shape index (κ1) is 10.7. The normalized spacial score (nSPS) is 12.4. The van der Waals surface area contributed by atoms with Crippen LogP contribution in [-0.2, 0) is 0 Å². The molecular formula is C8H10N6OS. The second-order valence-corrected chi connectivity index (χ2v) is 4.44. The molecule has 0 spiro atoms. The first-order valence-electron chi connectivity index (χ1n) is 4.63. The van der Waals surface area contributed by atoms with Crippen molar-refractivity contribution in [3.63, 3.8) is 0 Å². The maximum Gasteiger partial charge on any atom is 0.263 e. The van der Waals surface area contributed by atoms with E-state index in [1.54, 1.807) is 13.1 Å². The third-order valence-electron chi connectivity index (χ3n) is 1.94. The highest BCUT2D eigenvalue weighted by atomic mass is 32.1. The predicted molar refractivity (Wildman–Crippen MR) is 56.9 cm³/mol. The van der Waals surface area contributed by atoms with Gasteiger partial charge in [-0.15, -0.1) is 21.5 Å². The Bertz CT molecular complexity index is 478. The van der Waals surface area contributed by atoms with Gasteiger partial charge in [-0.25, -0.2) is 4.98 Å². The number of aromatic amines is 1. The lowest BCUT2D eigenvalue weighted by Gasteiger charge is -2.07. The van der Waals surface area contributed by atoms with Crippen molar-refractivity contribution in [2.75, 3.05) is 0 Å². The molecule has 8 heteroatoms. The van der Waals surface area contributed by atoms with Crippen molar-refractivity contribution in [2.24, 2.45) is 0 Å². The largest absolute Gasteiger partial charge is 0.341 e. The summed E-state index contributed by atoms with van der Waals surface area (Å²) in [6.45, 7) is 3.64. The standard InChI is InChI=1S/C8H10N6OS/c1-4(7-11-13-14-12-7)10-8(15)6-3-9-5(2)16-6/h3-4H,1-2H3,(H,10,15)(H,11,12,13,14). The molecule has 0 aliphatic rings. The van der Waals surface area contributed by atoms with E-state index in [-0.39, 0.29) is 11.9 Å². The molecule has 2 rings (SSSR count). The van der Waals surface area contributed by atoms with Crippen molar-refractivity contribution in [1.82, 2.24) is 30.9 Å². The number of rotatable bonds is 3. The van der Waals surface area contributed by atoms with E-state index in [1.165, 1.54) is 11.3 Å². The Hall–Kier alpha value is -1.83. The summed E-state index contributed by atoms with van der Waals surface area (Å²) in [6, 6.07) is -0.284. The predicted octanol–water partition coefficient (Wildman–Crippen LogP) is 0.456. The Morgan fingerprint density at radius 1 is 1.62 bits per heavy atom.